The van der Waals surface area contributed by atoms with E-state index in [1.54, 1.807) is 0 Å². The molecule has 0 aliphatic rings. The zero-order valence-corrected chi connectivity index (χ0v) is 10.7. The van der Waals surface area contributed by atoms with Crippen LogP contribution < -0.4 is 16.6 Å². The Morgan fingerprint density at radius 3 is 2.82 bits per heavy atom. The molecule has 1 rings (SSSR count). The highest BCUT2D eigenvalue weighted by atomic mass is 35.5. The molecule has 17 heavy (non-hydrogen) atoms. The molecule has 0 aliphatic heterocycles. The Labute approximate surface area is 106 Å². The molecular formula is C10H18ClN5O. The largest absolute Gasteiger partial charge is 0.391 e. The van der Waals surface area contributed by atoms with E-state index in [9.17, 15) is 5.11 Å². The third-order valence-corrected chi connectivity index (χ3v) is 2.40. The summed E-state index contributed by atoms with van der Waals surface area (Å²) in [4.78, 5) is 7.89. The summed E-state index contributed by atoms with van der Waals surface area (Å²) in [5.41, 5.74) is 2.33. The SMILES string of the molecule is CC(C)CC(O)CNc1nc(NN)ncc1Cl. The topological polar surface area (TPSA) is 96.1 Å². The lowest BCUT2D eigenvalue weighted by Crippen LogP contribution is -2.22. The molecule has 0 aromatic carbocycles. The molecule has 1 aromatic heterocycles. The molecule has 0 saturated carbocycles. The van der Waals surface area contributed by atoms with Gasteiger partial charge in [0.25, 0.3) is 0 Å². The van der Waals surface area contributed by atoms with Crippen molar-refractivity contribution >= 4 is 23.4 Å². The van der Waals surface area contributed by atoms with Crippen molar-refractivity contribution in [2.45, 2.75) is 26.4 Å². The van der Waals surface area contributed by atoms with Crippen LogP contribution in [0.1, 0.15) is 20.3 Å². The molecule has 5 N–H and O–H groups in total. The zero-order chi connectivity index (χ0) is 12.8. The highest BCUT2D eigenvalue weighted by Gasteiger charge is 2.09. The number of nitrogens with two attached hydrogens (primary N) is 1. The van der Waals surface area contributed by atoms with Crippen molar-refractivity contribution in [1.29, 1.82) is 0 Å². The maximum Gasteiger partial charge on any atom is 0.239 e. The van der Waals surface area contributed by atoms with Crippen LogP contribution in [0.4, 0.5) is 11.8 Å². The molecule has 1 atom stereocenters. The second kappa shape index (κ2) is 6.58. The molecule has 1 unspecified atom stereocenters. The van der Waals surface area contributed by atoms with Gasteiger partial charge in [-0.05, 0) is 12.3 Å². The van der Waals surface area contributed by atoms with Gasteiger partial charge in [-0.25, -0.2) is 10.8 Å². The van der Waals surface area contributed by atoms with E-state index >= 15 is 0 Å². The summed E-state index contributed by atoms with van der Waals surface area (Å²) >= 11 is 5.90. The Kier molecular flexibility index (Phi) is 5.40. The quantitative estimate of drug-likeness (QED) is 0.453. The Morgan fingerprint density at radius 1 is 1.53 bits per heavy atom. The number of anilines is 2. The molecule has 0 spiro atoms. The molecule has 1 heterocycles. The van der Waals surface area contributed by atoms with Gasteiger partial charge in [-0.2, -0.15) is 4.98 Å². The van der Waals surface area contributed by atoms with Crippen LogP contribution in [0.3, 0.4) is 0 Å². The van der Waals surface area contributed by atoms with Gasteiger partial charge < -0.3 is 10.4 Å². The first-order chi connectivity index (χ1) is 8.02. The van der Waals surface area contributed by atoms with Crippen molar-refractivity contribution in [1.82, 2.24) is 9.97 Å². The number of rotatable bonds is 6. The summed E-state index contributed by atoms with van der Waals surface area (Å²) in [5, 5.41) is 13.1. The summed E-state index contributed by atoms with van der Waals surface area (Å²) in [6, 6.07) is 0. The third-order valence-electron chi connectivity index (χ3n) is 2.12. The number of hydrogen-bond acceptors (Lipinski definition) is 6. The number of nitrogen functional groups attached to an aromatic ring is 1. The van der Waals surface area contributed by atoms with Gasteiger partial charge in [-0.3, -0.25) is 5.43 Å². The molecule has 96 valence electrons. The van der Waals surface area contributed by atoms with Gasteiger partial charge in [0, 0.05) is 6.54 Å². The van der Waals surface area contributed by atoms with Gasteiger partial charge in [-0.15, -0.1) is 0 Å². The van der Waals surface area contributed by atoms with E-state index in [2.05, 4.69) is 34.6 Å². The molecule has 0 saturated heterocycles. The average Bonchev–Trinajstić information content (AvgIpc) is 2.27. The summed E-state index contributed by atoms with van der Waals surface area (Å²) in [7, 11) is 0. The fourth-order valence-corrected chi connectivity index (χ4v) is 1.56. The van der Waals surface area contributed by atoms with Crippen LogP contribution in [0, 0.1) is 5.92 Å². The Morgan fingerprint density at radius 2 is 2.24 bits per heavy atom. The number of halogens is 1. The first kappa shape index (κ1) is 14.0. The van der Waals surface area contributed by atoms with E-state index in [0.717, 1.165) is 6.42 Å². The van der Waals surface area contributed by atoms with Crippen molar-refractivity contribution < 1.29 is 5.11 Å². The van der Waals surface area contributed by atoms with Crippen molar-refractivity contribution in [2.75, 3.05) is 17.3 Å². The highest BCUT2D eigenvalue weighted by molar-refractivity contribution is 6.32. The van der Waals surface area contributed by atoms with Gasteiger partial charge >= 0.3 is 0 Å². The van der Waals surface area contributed by atoms with Crippen LogP contribution >= 0.6 is 11.6 Å². The van der Waals surface area contributed by atoms with E-state index in [4.69, 9.17) is 17.4 Å². The summed E-state index contributed by atoms with van der Waals surface area (Å²) < 4.78 is 0. The molecule has 1 aromatic rings. The predicted molar refractivity (Wildman–Crippen MR) is 68.8 cm³/mol. The third kappa shape index (κ3) is 4.72. The van der Waals surface area contributed by atoms with E-state index < -0.39 is 6.10 Å². The lowest BCUT2D eigenvalue weighted by molar-refractivity contribution is 0.161. The maximum absolute atomic E-state index is 9.71. The highest BCUT2D eigenvalue weighted by Crippen LogP contribution is 2.19. The second-order valence-electron chi connectivity index (χ2n) is 4.20. The Hall–Kier alpha value is -1.11. The maximum atomic E-state index is 9.71. The molecule has 6 nitrogen and oxygen atoms in total. The van der Waals surface area contributed by atoms with Crippen molar-refractivity contribution in [3.05, 3.63) is 11.2 Å². The number of aliphatic hydroxyl groups excluding tert-OH is 1. The van der Waals surface area contributed by atoms with Crippen molar-refractivity contribution in [3.63, 3.8) is 0 Å². The molecule has 0 amide bonds. The first-order valence-electron chi connectivity index (χ1n) is 5.44. The standard InChI is InChI=1S/C10H18ClN5O/c1-6(2)3-7(17)4-13-9-8(11)5-14-10(15-9)16-12/h5-7,17H,3-4,12H2,1-2H3,(H2,13,14,15,16). The molecule has 7 heteroatoms. The van der Waals surface area contributed by atoms with Crippen molar-refractivity contribution in [2.24, 2.45) is 11.8 Å². The first-order valence-corrected chi connectivity index (χ1v) is 5.81. The van der Waals surface area contributed by atoms with E-state index in [0.29, 0.717) is 23.3 Å². The monoisotopic (exact) mass is 259 g/mol. The summed E-state index contributed by atoms with van der Waals surface area (Å²) in [6.45, 7) is 4.49. The van der Waals surface area contributed by atoms with Crippen LogP contribution in [0.25, 0.3) is 0 Å². The van der Waals surface area contributed by atoms with E-state index in [-0.39, 0.29) is 5.95 Å². The molecule has 0 aliphatic carbocycles. The predicted octanol–water partition coefficient (Wildman–Crippen LogP) is 1.23. The number of nitrogens with zero attached hydrogens (tertiary/aromatic N) is 2. The number of aliphatic hydroxyl groups is 1. The smallest absolute Gasteiger partial charge is 0.239 e. The Balaban J connectivity index is 2.56. The molecular weight excluding hydrogens is 242 g/mol. The van der Waals surface area contributed by atoms with Gasteiger partial charge in [0.2, 0.25) is 5.95 Å². The van der Waals surface area contributed by atoms with E-state index in [1.165, 1.54) is 6.20 Å². The number of hydrogen-bond donors (Lipinski definition) is 4. The zero-order valence-electron chi connectivity index (χ0n) is 9.94. The van der Waals surface area contributed by atoms with Crippen molar-refractivity contribution in [3.8, 4) is 0 Å². The van der Waals surface area contributed by atoms with Crippen LogP contribution in [0.2, 0.25) is 5.02 Å². The van der Waals surface area contributed by atoms with E-state index in [1.807, 2.05) is 0 Å². The minimum atomic E-state index is -0.435. The number of aromatic nitrogens is 2. The minimum Gasteiger partial charge on any atom is -0.391 e. The average molecular weight is 260 g/mol. The fourth-order valence-electron chi connectivity index (χ4n) is 1.40. The Bertz CT molecular complexity index is 361. The molecule has 0 radical (unpaired) electrons. The van der Waals surface area contributed by atoms with Crippen LogP contribution in [-0.2, 0) is 0 Å². The minimum absolute atomic E-state index is 0.273. The second-order valence-corrected chi connectivity index (χ2v) is 4.61. The summed E-state index contributed by atoms with van der Waals surface area (Å²) in [6.07, 6.45) is 1.73. The van der Waals surface area contributed by atoms with Crippen LogP contribution in [-0.4, -0.2) is 27.7 Å². The lowest BCUT2D eigenvalue weighted by Gasteiger charge is -2.15. The van der Waals surface area contributed by atoms with Gasteiger partial charge in [-0.1, -0.05) is 25.4 Å². The molecule has 0 fully saturated rings. The fraction of sp³-hybridized carbons (Fsp3) is 0.600. The molecule has 0 bridgehead atoms. The van der Waals surface area contributed by atoms with Gasteiger partial charge in [0.05, 0.1) is 12.3 Å². The van der Waals surface area contributed by atoms with Gasteiger partial charge in [0.15, 0.2) is 5.82 Å². The normalized spacial score (nSPS) is 12.6. The van der Waals surface area contributed by atoms with Gasteiger partial charge in [0.1, 0.15) is 5.02 Å². The summed E-state index contributed by atoms with van der Waals surface area (Å²) in [5.74, 6) is 6.36. The lowest BCUT2D eigenvalue weighted by atomic mass is 10.1. The van der Waals surface area contributed by atoms with Crippen LogP contribution in [0.5, 0.6) is 0 Å². The number of nitrogens with one attached hydrogen (secondary N) is 2. The number of hydrazine groups is 1. The van der Waals surface area contributed by atoms with Crippen LogP contribution in [0.15, 0.2) is 6.20 Å².